The Bertz CT molecular complexity index is 1220. The van der Waals surface area contributed by atoms with Gasteiger partial charge in [-0.15, -0.1) is 0 Å². The number of aromatic hydroxyl groups is 1. The van der Waals surface area contributed by atoms with Gasteiger partial charge in [0.1, 0.15) is 17.7 Å². The number of nitrogens with one attached hydrogen (secondary N) is 3. The molecule has 0 spiro atoms. The van der Waals surface area contributed by atoms with E-state index in [1.807, 2.05) is 30.0 Å². The van der Waals surface area contributed by atoms with Crippen molar-refractivity contribution in [3.8, 4) is 5.75 Å². The molecule has 38 heavy (non-hydrogen) atoms. The third-order valence-electron chi connectivity index (χ3n) is 5.18. The maximum atomic E-state index is 11.6. The van der Waals surface area contributed by atoms with Crippen LogP contribution in [0.3, 0.4) is 0 Å². The number of phenolic OH excluding ortho intramolecular Hbond substituents is 1. The van der Waals surface area contributed by atoms with Crippen LogP contribution < -0.4 is 15.5 Å². The number of halogens is 1. The SMILES string of the molecule is O=C(O)CC(=O)O.O=c1[nH]c2c(O)ccc([C@@H](O)CNCCSCCCNCCc3ccccc3Cl)c2s1. The molecule has 13 heteroatoms. The zero-order chi connectivity index (χ0) is 27.9. The first kappa shape index (κ1) is 31.6. The molecule has 0 amide bonds. The Kier molecular flexibility index (Phi) is 14.2. The molecule has 0 bridgehead atoms. The van der Waals surface area contributed by atoms with Gasteiger partial charge >= 0.3 is 16.8 Å². The molecule has 0 unspecified atom stereocenters. The minimum absolute atomic E-state index is 0.0204. The number of benzene rings is 2. The normalized spacial score (nSPS) is 11.6. The van der Waals surface area contributed by atoms with Crippen LogP contribution in [0.15, 0.2) is 41.2 Å². The fraction of sp³-hybridized carbons (Fsp3) is 0.400. The van der Waals surface area contributed by atoms with Gasteiger partial charge in [0.15, 0.2) is 0 Å². The quantitative estimate of drug-likeness (QED) is 0.104. The number of phenols is 1. The first-order valence-corrected chi connectivity index (χ1v) is 14.2. The second kappa shape index (κ2) is 17.1. The van der Waals surface area contributed by atoms with E-state index in [9.17, 15) is 24.6 Å². The first-order chi connectivity index (χ1) is 18.2. The molecule has 10 nitrogen and oxygen atoms in total. The summed E-state index contributed by atoms with van der Waals surface area (Å²) in [6, 6.07) is 11.1. The molecule has 0 radical (unpaired) electrons. The van der Waals surface area contributed by atoms with Gasteiger partial charge in [-0.1, -0.05) is 47.2 Å². The van der Waals surface area contributed by atoms with Gasteiger partial charge in [-0.2, -0.15) is 11.8 Å². The number of H-pyrrole nitrogens is 1. The maximum Gasteiger partial charge on any atom is 0.314 e. The van der Waals surface area contributed by atoms with Crippen LogP contribution in [0.5, 0.6) is 5.75 Å². The molecular weight excluding hydrogens is 554 g/mol. The number of fused-ring (bicyclic) bond motifs is 1. The summed E-state index contributed by atoms with van der Waals surface area (Å²) in [6.45, 7) is 3.11. The number of carboxylic acids is 2. The summed E-state index contributed by atoms with van der Waals surface area (Å²) in [5, 5.41) is 43.3. The summed E-state index contributed by atoms with van der Waals surface area (Å²) in [5.41, 5.74) is 2.22. The number of carboxylic acid groups (broad SMARTS) is 2. The van der Waals surface area contributed by atoms with Crippen LogP contribution in [-0.4, -0.2) is 75.0 Å². The first-order valence-electron chi connectivity index (χ1n) is 11.9. The van der Waals surface area contributed by atoms with Crippen LogP contribution in [0, 0.1) is 0 Å². The molecule has 3 aromatic rings. The summed E-state index contributed by atoms with van der Waals surface area (Å²) in [6.07, 6.45) is 0.501. The molecule has 208 valence electrons. The zero-order valence-corrected chi connectivity index (χ0v) is 23.0. The van der Waals surface area contributed by atoms with Crippen molar-refractivity contribution in [3.05, 3.63) is 62.2 Å². The summed E-state index contributed by atoms with van der Waals surface area (Å²) >= 11 is 9.04. The Morgan fingerprint density at radius 1 is 1.03 bits per heavy atom. The highest BCUT2D eigenvalue weighted by Gasteiger charge is 2.15. The highest BCUT2D eigenvalue weighted by atomic mass is 35.5. The Balaban J connectivity index is 0.000000638. The van der Waals surface area contributed by atoms with Crippen LogP contribution in [0.1, 0.15) is 30.1 Å². The third kappa shape index (κ3) is 11.4. The van der Waals surface area contributed by atoms with Crippen LogP contribution in [0.25, 0.3) is 10.2 Å². The van der Waals surface area contributed by atoms with Gasteiger partial charge in [-0.05, 0) is 49.4 Å². The van der Waals surface area contributed by atoms with Crippen molar-refractivity contribution in [2.45, 2.75) is 25.4 Å². The minimum Gasteiger partial charge on any atom is -0.506 e. The maximum absolute atomic E-state index is 11.6. The Hall–Kier alpha value is -2.61. The summed E-state index contributed by atoms with van der Waals surface area (Å²) < 4.78 is 0.607. The lowest BCUT2D eigenvalue weighted by Crippen LogP contribution is -2.24. The largest absolute Gasteiger partial charge is 0.506 e. The molecule has 1 heterocycles. The van der Waals surface area contributed by atoms with E-state index >= 15 is 0 Å². The molecule has 2 aromatic carbocycles. The zero-order valence-electron chi connectivity index (χ0n) is 20.6. The van der Waals surface area contributed by atoms with Crippen molar-refractivity contribution in [1.29, 1.82) is 0 Å². The van der Waals surface area contributed by atoms with Gasteiger partial charge in [-0.3, -0.25) is 14.4 Å². The van der Waals surface area contributed by atoms with Crippen LogP contribution in [0.2, 0.25) is 5.02 Å². The fourth-order valence-corrected chi connectivity index (χ4v) is 5.36. The number of aliphatic hydroxyl groups excluding tert-OH is 1. The van der Waals surface area contributed by atoms with E-state index in [-0.39, 0.29) is 10.6 Å². The number of aliphatic hydroxyl groups is 1. The molecule has 3 rings (SSSR count). The topological polar surface area (TPSA) is 172 Å². The summed E-state index contributed by atoms with van der Waals surface area (Å²) in [7, 11) is 0. The molecule has 0 fully saturated rings. The predicted molar refractivity (Wildman–Crippen MR) is 152 cm³/mol. The van der Waals surface area contributed by atoms with Crippen LogP contribution >= 0.6 is 34.7 Å². The molecule has 0 aliphatic carbocycles. The molecule has 0 aliphatic rings. The molecule has 7 N–H and O–H groups in total. The average molecular weight is 586 g/mol. The smallest absolute Gasteiger partial charge is 0.314 e. The molecule has 1 aromatic heterocycles. The van der Waals surface area contributed by atoms with Gasteiger partial charge in [0.2, 0.25) is 0 Å². The van der Waals surface area contributed by atoms with Gasteiger partial charge in [0, 0.05) is 29.4 Å². The van der Waals surface area contributed by atoms with Crippen molar-refractivity contribution < 1.29 is 30.0 Å². The summed E-state index contributed by atoms with van der Waals surface area (Å²) in [4.78, 5) is 32.8. The lowest BCUT2D eigenvalue weighted by molar-refractivity contribution is -0.147. The number of thiazole rings is 1. The average Bonchev–Trinajstić information content (AvgIpc) is 3.25. The number of carbonyl (C=O) groups is 2. The number of aromatic nitrogens is 1. The van der Waals surface area contributed by atoms with Crippen molar-refractivity contribution >= 4 is 56.9 Å². The highest BCUT2D eigenvalue weighted by Crippen LogP contribution is 2.31. The van der Waals surface area contributed by atoms with Gasteiger partial charge in [-0.25, -0.2) is 0 Å². The van der Waals surface area contributed by atoms with Crippen LogP contribution in [0.4, 0.5) is 0 Å². The summed E-state index contributed by atoms with van der Waals surface area (Å²) in [5.74, 6) is -0.555. The minimum atomic E-state index is -1.31. The second-order valence-electron chi connectivity index (χ2n) is 8.13. The molecule has 0 aliphatic heterocycles. The van der Waals surface area contributed by atoms with Crippen molar-refractivity contribution in [3.63, 3.8) is 0 Å². The Morgan fingerprint density at radius 2 is 1.76 bits per heavy atom. The number of thioether (sulfide) groups is 1. The standard InChI is InChI=1S/C22H28ClN3O3S2.C3H4O4/c23-17-5-2-1-4-15(17)8-10-24-9-3-12-30-13-11-25-14-19(28)16-6-7-18(27)20-21(16)31-22(29)26-20;4-2(5)1-3(6)7/h1-2,4-7,19,24-25,27-28H,3,8-14H2,(H,26,29);1H2,(H,4,5)(H,6,7)/t19-;/m0./s1. The van der Waals surface area contributed by atoms with Crippen molar-refractivity contribution in [2.75, 3.05) is 37.7 Å². The lowest BCUT2D eigenvalue weighted by atomic mass is 10.1. The lowest BCUT2D eigenvalue weighted by Gasteiger charge is -2.13. The van der Waals surface area contributed by atoms with E-state index in [1.165, 1.54) is 11.6 Å². The number of aliphatic carboxylic acids is 2. The number of aromatic amines is 1. The number of rotatable bonds is 15. The third-order valence-corrected chi connectivity index (χ3v) is 7.55. The monoisotopic (exact) mass is 585 g/mol. The van der Waals surface area contributed by atoms with Crippen molar-refractivity contribution in [2.24, 2.45) is 0 Å². The Labute approximate surface area is 233 Å². The Morgan fingerprint density at radius 3 is 2.45 bits per heavy atom. The van der Waals surface area contributed by atoms with Crippen LogP contribution in [-0.2, 0) is 16.0 Å². The number of hydrogen-bond acceptors (Lipinski definition) is 9. The van der Waals surface area contributed by atoms with Gasteiger partial charge < -0.3 is 36.0 Å². The fourth-order valence-electron chi connectivity index (χ4n) is 3.37. The second-order valence-corrected chi connectivity index (χ2v) is 10.7. The van der Waals surface area contributed by atoms with E-state index in [0.717, 1.165) is 60.3 Å². The van der Waals surface area contributed by atoms with E-state index in [2.05, 4.69) is 21.7 Å². The molecular formula is C25H32ClN3O7S2. The molecule has 1 atom stereocenters. The van der Waals surface area contributed by atoms with E-state index in [0.29, 0.717) is 22.3 Å². The highest BCUT2D eigenvalue weighted by molar-refractivity contribution is 7.99. The van der Waals surface area contributed by atoms with E-state index in [1.54, 1.807) is 6.07 Å². The molecule has 0 saturated carbocycles. The van der Waals surface area contributed by atoms with E-state index in [4.69, 9.17) is 21.8 Å². The van der Waals surface area contributed by atoms with Crippen molar-refractivity contribution in [1.82, 2.24) is 15.6 Å². The van der Waals surface area contributed by atoms with Gasteiger partial charge in [0.25, 0.3) is 0 Å². The van der Waals surface area contributed by atoms with Gasteiger partial charge in [0.05, 0.1) is 10.8 Å². The number of hydrogen-bond donors (Lipinski definition) is 7. The van der Waals surface area contributed by atoms with E-state index < -0.39 is 24.5 Å². The molecule has 0 saturated heterocycles. The predicted octanol–water partition coefficient (Wildman–Crippen LogP) is 3.07.